The molecule has 1 aromatic heterocycles. The third kappa shape index (κ3) is 13.4. The number of carboxylic acid groups (broad SMARTS) is 1. The third-order valence-corrected chi connectivity index (χ3v) is 18.7. The summed E-state index contributed by atoms with van der Waals surface area (Å²) in [6, 6.07) is 34.6. The van der Waals surface area contributed by atoms with Gasteiger partial charge in [-0.15, -0.1) is 0 Å². The Labute approximate surface area is 427 Å². The van der Waals surface area contributed by atoms with Crippen molar-refractivity contribution in [2.24, 2.45) is 0 Å². The van der Waals surface area contributed by atoms with E-state index in [1.54, 1.807) is 31.4 Å². The molecule has 1 aliphatic carbocycles. The summed E-state index contributed by atoms with van der Waals surface area (Å²) >= 11 is 6.82. The number of carbonyl (C=O) groups is 3. The Balaban J connectivity index is 0.982. The molecule has 72 heavy (non-hydrogen) atoms. The molecule has 6 N–H and O–H groups in total. The zero-order valence-electron chi connectivity index (χ0n) is 41.9. The number of nitrogens with zero attached hydrogens (tertiary/aromatic N) is 1. The van der Waals surface area contributed by atoms with Gasteiger partial charge in [0.1, 0.15) is 18.1 Å². The highest BCUT2D eigenvalue weighted by Gasteiger charge is 2.40. The van der Waals surface area contributed by atoms with Crippen molar-refractivity contribution in [3.05, 3.63) is 153 Å². The van der Waals surface area contributed by atoms with E-state index in [0.717, 1.165) is 33.4 Å². The number of aromatic nitrogens is 1. The molecular formula is C56H66ClN5O9Si. The average Bonchev–Trinajstić information content (AvgIpc) is 3.35. The van der Waals surface area contributed by atoms with Crippen LogP contribution in [0.1, 0.15) is 87.7 Å². The number of methoxy groups -OCH3 is 1. The zero-order chi connectivity index (χ0) is 51.6. The number of phenols is 1. The molecule has 3 amide bonds. The van der Waals surface area contributed by atoms with Gasteiger partial charge in [-0.2, -0.15) is 0 Å². The number of nitrogens with one attached hydrogen (secondary N) is 4. The molecule has 1 fully saturated rings. The van der Waals surface area contributed by atoms with Crippen LogP contribution in [0.2, 0.25) is 23.2 Å². The van der Waals surface area contributed by atoms with Crippen molar-refractivity contribution in [2.45, 2.75) is 115 Å². The molecule has 0 saturated heterocycles. The lowest BCUT2D eigenvalue weighted by atomic mass is 9.89. The van der Waals surface area contributed by atoms with Crippen LogP contribution in [0, 0.1) is 0 Å². The van der Waals surface area contributed by atoms with Crippen molar-refractivity contribution in [3.8, 4) is 22.6 Å². The van der Waals surface area contributed by atoms with Gasteiger partial charge >= 0.3 is 12.2 Å². The van der Waals surface area contributed by atoms with Crippen molar-refractivity contribution in [1.82, 2.24) is 15.6 Å². The van der Waals surface area contributed by atoms with Gasteiger partial charge < -0.3 is 45.0 Å². The fourth-order valence-corrected chi connectivity index (χ4v) is 10.5. The number of amides is 3. The Kier molecular flexibility index (Phi) is 17.5. The number of pyridine rings is 1. The maximum atomic E-state index is 13.5. The Morgan fingerprint density at radius 2 is 1.60 bits per heavy atom. The summed E-state index contributed by atoms with van der Waals surface area (Å²) in [4.78, 5) is 55.7. The van der Waals surface area contributed by atoms with Crippen LogP contribution >= 0.6 is 11.6 Å². The molecule has 14 nitrogen and oxygen atoms in total. The van der Waals surface area contributed by atoms with E-state index in [9.17, 15) is 29.4 Å². The largest absolute Gasteiger partial charge is 0.506 e. The SMILES string of the molecule is COc1cc(NC(=O)CCCc2ccc(-c3ccccc3)c(N(C(=O)O)C3CCC(NC(=O)OCc4ccccc4)CC3)c2)c(Cl)cc1CNC[C@@H](O[Si](C)(C)C(C)(C)C)c1ccc(O)c2[nH]c(=O)ccc12. The first kappa shape index (κ1) is 53.2. The molecule has 1 heterocycles. The highest BCUT2D eigenvalue weighted by molar-refractivity contribution is 6.74. The first-order chi connectivity index (χ1) is 34.4. The van der Waals surface area contributed by atoms with Gasteiger partial charge in [0.05, 0.1) is 35.1 Å². The van der Waals surface area contributed by atoms with Crippen molar-refractivity contribution in [2.75, 3.05) is 23.9 Å². The minimum Gasteiger partial charge on any atom is -0.506 e. The second kappa shape index (κ2) is 23.7. The number of aromatic hydroxyl groups is 1. The lowest BCUT2D eigenvalue weighted by Crippen LogP contribution is -2.46. The quantitative estimate of drug-likeness (QED) is 0.0426. The van der Waals surface area contributed by atoms with Gasteiger partial charge in [0.25, 0.3) is 0 Å². The van der Waals surface area contributed by atoms with E-state index in [2.05, 4.69) is 54.8 Å². The number of ether oxygens (including phenoxy) is 2. The number of benzene rings is 5. The van der Waals surface area contributed by atoms with Gasteiger partial charge in [0.15, 0.2) is 8.32 Å². The van der Waals surface area contributed by atoms with Crippen LogP contribution in [0.3, 0.4) is 0 Å². The Morgan fingerprint density at radius 3 is 2.28 bits per heavy atom. The van der Waals surface area contributed by atoms with Gasteiger partial charge in [0.2, 0.25) is 11.5 Å². The van der Waals surface area contributed by atoms with Crippen molar-refractivity contribution in [3.63, 3.8) is 0 Å². The highest BCUT2D eigenvalue weighted by atomic mass is 35.5. The first-order valence-corrected chi connectivity index (χ1v) is 27.8. The van der Waals surface area contributed by atoms with Gasteiger partial charge in [-0.3, -0.25) is 14.5 Å². The van der Waals surface area contributed by atoms with Crippen molar-refractivity contribution >= 4 is 60.3 Å². The molecule has 0 radical (unpaired) electrons. The summed E-state index contributed by atoms with van der Waals surface area (Å²) in [5.74, 6) is 0.267. The van der Waals surface area contributed by atoms with Gasteiger partial charge in [0, 0.05) is 60.2 Å². The summed E-state index contributed by atoms with van der Waals surface area (Å²) in [5, 5.41) is 31.7. The lowest BCUT2D eigenvalue weighted by Gasteiger charge is -2.39. The van der Waals surface area contributed by atoms with E-state index in [1.807, 2.05) is 84.9 Å². The third-order valence-electron chi connectivity index (χ3n) is 13.9. The number of fused-ring (bicyclic) bond motifs is 1. The molecule has 6 aromatic rings. The lowest BCUT2D eigenvalue weighted by molar-refractivity contribution is -0.116. The predicted molar refractivity (Wildman–Crippen MR) is 287 cm³/mol. The monoisotopic (exact) mass is 1020 g/mol. The fraction of sp³-hybridized carbons (Fsp3) is 0.357. The van der Waals surface area contributed by atoms with E-state index in [-0.39, 0.29) is 47.4 Å². The molecular weight excluding hydrogens is 950 g/mol. The highest BCUT2D eigenvalue weighted by Crippen LogP contribution is 2.42. The number of phenolic OH excluding ortho intramolecular Hbond substituents is 1. The summed E-state index contributed by atoms with van der Waals surface area (Å²) in [7, 11) is -0.757. The van der Waals surface area contributed by atoms with Gasteiger partial charge in [-0.25, -0.2) is 9.59 Å². The maximum absolute atomic E-state index is 13.5. The van der Waals surface area contributed by atoms with Crippen LogP contribution < -0.4 is 31.1 Å². The number of alkyl carbamates (subject to hydrolysis) is 1. The number of rotatable bonds is 19. The van der Waals surface area contributed by atoms with Crippen molar-refractivity contribution in [1.29, 1.82) is 0 Å². The van der Waals surface area contributed by atoms with Gasteiger partial charge in [-0.05, 0) is 103 Å². The Bertz CT molecular complexity index is 2900. The molecule has 380 valence electrons. The van der Waals surface area contributed by atoms with E-state index in [0.29, 0.717) is 84.7 Å². The first-order valence-electron chi connectivity index (χ1n) is 24.5. The van der Waals surface area contributed by atoms with Crippen LogP contribution in [0.4, 0.5) is 21.0 Å². The Morgan fingerprint density at radius 1 is 0.889 bits per heavy atom. The van der Waals surface area contributed by atoms with Crippen LogP contribution in [-0.2, 0) is 33.5 Å². The molecule has 1 atom stereocenters. The topological polar surface area (TPSA) is 192 Å². The number of anilines is 2. The number of H-pyrrole nitrogens is 1. The molecule has 7 rings (SSSR count). The predicted octanol–water partition coefficient (Wildman–Crippen LogP) is 12.1. The molecule has 16 heteroatoms. The summed E-state index contributed by atoms with van der Waals surface area (Å²) < 4.78 is 18.2. The molecule has 5 aromatic carbocycles. The second-order valence-corrected chi connectivity index (χ2v) is 25.1. The molecule has 0 unspecified atom stereocenters. The average molecular weight is 1020 g/mol. The van der Waals surface area contributed by atoms with Crippen LogP contribution in [-0.4, -0.2) is 67.3 Å². The number of aryl methyl sites for hydroxylation is 1. The summed E-state index contributed by atoms with van der Waals surface area (Å²) in [6.07, 6.45) is 1.50. The van der Waals surface area contributed by atoms with Crippen molar-refractivity contribution < 1.29 is 38.5 Å². The van der Waals surface area contributed by atoms with E-state index < -0.39 is 26.6 Å². The summed E-state index contributed by atoms with van der Waals surface area (Å²) in [6.45, 7) is 11.8. The number of hydrogen-bond donors (Lipinski definition) is 6. The van der Waals surface area contributed by atoms with E-state index in [1.165, 1.54) is 11.0 Å². The van der Waals surface area contributed by atoms with Crippen LogP contribution in [0.5, 0.6) is 11.5 Å². The minimum atomic E-state index is -2.32. The zero-order valence-corrected chi connectivity index (χ0v) is 43.6. The number of hydrogen-bond acceptors (Lipinski definition) is 9. The molecule has 1 aliphatic rings. The standard InChI is InChI=1S/C56H66ClN5O9Si/c1-56(2,3)72(5,6)71-50(43-26-28-48(63)53-44(43)27-29-52(65)61-53)34-58-33-39-31-45(57)46(32-49(39)69-4)60-51(64)19-13-16-36-20-25-42(38-17-11-8-12-18-38)47(30-36)62(55(67)68)41-23-21-40(22-24-41)59-54(66)70-35-37-14-9-7-10-15-37/h7-12,14-15,17-18,20,25-32,40-41,50,58,63H,13,16,19,21-24,33-35H2,1-6H3,(H,59,66)(H,60,64)(H,61,65)(H,67,68)/t40?,41?,50-/m1/s1. The normalized spacial score (nSPS) is 15.4. The van der Waals surface area contributed by atoms with E-state index in [4.69, 9.17) is 25.5 Å². The molecule has 0 spiro atoms. The second-order valence-electron chi connectivity index (χ2n) is 19.9. The molecule has 0 aliphatic heterocycles. The fourth-order valence-electron chi connectivity index (χ4n) is 8.97. The van der Waals surface area contributed by atoms with Crippen LogP contribution in [0.25, 0.3) is 22.0 Å². The Hall–Kier alpha value is -6.65. The van der Waals surface area contributed by atoms with E-state index >= 15 is 0 Å². The smallest absolute Gasteiger partial charge is 0.412 e. The molecule has 0 bridgehead atoms. The summed E-state index contributed by atoms with van der Waals surface area (Å²) in [5.41, 5.74) is 6.08. The maximum Gasteiger partial charge on any atom is 0.412 e. The number of aromatic amines is 1. The number of halogens is 1. The molecule has 1 saturated carbocycles. The van der Waals surface area contributed by atoms with Gasteiger partial charge in [-0.1, -0.05) is 111 Å². The number of carbonyl (C=O) groups excluding carboxylic acids is 2. The minimum absolute atomic E-state index is 0.0222. The van der Waals surface area contributed by atoms with Crippen LogP contribution in [0.15, 0.2) is 120 Å².